The van der Waals surface area contributed by atoms with E-state index in [0.717, 1.165) is 49.1 Å². The maximum atomic E-state index is 6.26. The molecule has 0 bridgehead atoms. The van der Waals surface area contributed by atoms with Crippen molar-refractivity contribution >= 4 is 47.0 Å². The zero-order valence-corrected chi connectivity index (χ0v) is 22.3. The summed E-state index contributed by atoms with van der Waals surface area (Å²) in [6.45, 7) is 4.33. The van der Waals surface area contributed by atoms with Crippen LogP contribution in [-0.2, 0) is 6.61 Å². The topological polar surface area (TPSA) is 75.1 Å². The Morgan fingerprint density at radius 3 is 2.41 bits per heavy atom. The highest BCUT2D eigenvalue weighted by Gasteiger charge is 2.20. The summed E-state index contributed by atoms with van der Waals surface area (Å²) in [7, 11) is 1.61. The van der Waals surface area contributed by atoms with Gasteiger partial charge in [-0.25, -0.2) is 0 Å². The van der Waals surface area contributed by atoms with Crippen molar-refractivity contribution in [2.75, 3.05) is 48.5 Å². The number of methoxy groups -OCH3 is 1. The zero-order chi connectivity index (χ0) is 25.6. The third-order valence-corrected chi connectivity index (χ3v) is 7.09. The van der Waals surface area contributed by atoms with E-state index in [1.165, 1.54) is 25.7 Å². The van der Waals surface area contributed by atoms with Gasteiger partial charge in [0.2, 0.25) is 5.95 Å². The summed E-state index contributed by atoms with van der Waals surface area (Å²) in [5.74, 6) is 3.62. The van der Waals surface area contributed by atoms with E-state index in [9.17, 15) is 0 Å². The van der Waals surface area contributed by atoms with Gasteiger partial charge in [0.25, 0.3) is 0 Å². The van der Waals surface area contributed by atoms with Crippen molar-refractivity contribution in [2.45, 2.75) is 32.3 Å². The molecule has 0 aliphatic carbocycles. The van der Waals surface area contributed by atoms with Crippen molar-refractivity contribution in [2.24, 2.45) is 5.10 Å². The molecule has 0 unspecified atom stereocenters. The molecule has 194 valence electrons. The van der Waals surface area contributed by atoms with E-state index in [1.54, 1.807) is 25.5 Å². The van der Waals surface area contributed by atoms with Crippen molar-refractivity contribution in [3.63, 3.8) is 0 Å². The zero-order valence-electron chi connectivity index (χ0n) is 20.8. The summed E-state index contributed by atoms with van der Waals surface area (Å²) in [6.07, 6.45) is 6.46. The van der Waals surface area contributed by atoms with Crippen LogP contribution < -0.4 is 24.7 Å². The summed E-state index contributed by atoms with van der Waals surface area (Å²) in [4.78, 5) is 14.1. The molecule has 0 amide bonds. The van der Waals surface area contributed by atoms with Gasteiger partial charge in [-0.15, -0.1) is 0 Å². The van der Waals surface area contributed by atoms with Crippen LogP contribution in [0.2, 0.25) is 10.0 Å². The lowest BCUT2D eigenvalue weighted by atomic mass is 10.2. The lowest BCUT2D eigenvalue weighted by Crippen LogP contribution is -2.24. The third kappa shape index (κ3) is 6.37. The first-order chi connectivity index (χ1) is 18.1. The van der Waals surface area contributed by atoms with E-state index in [2.05, 4.69) is 20.3 Å². The molecule has 2 aliphatic heterocycles. The minimum absolute atomic E-state index is 0.299. The van der Waals surface area contributed by atoms with E-state index in [1.807, 2.05) is 30.3 Å². The molecule has 2 aliphatic rings. The van der Waals surface area contributed by atoms with Gasteiger partial charge in [-0.05, 0) is 61.6 Å². The smallest absolute Gasteiger partial charge is 0.229 e. The molecular weight excluding hydrogens is 511 g/mol. The Hall–Kier alpha value is -3.23. The number of anilines is 3. The van der Waals surface area contributed by atoms with Crippen molar-refractivity contribution in [1.29, 1.82) is 0 Å². The second kappa shape index (κ2) is 11.9. The van der Waals surface area contributed by atoms with Crippen molar-refractivity contribution < 1.29 is 9.47 Å². The Morgan fingerprint density at radius 2 is 1.68 bits per heavy atom. The van der Waals surface area contributed by atoms with E-state index in [-0.39, 0.29) is 0 Å². The molecule has 0 radical (unpaired) electrons. The van der Waals surface area contributed by atoms with Gasteiger partial charge in [-0.3, -0.25) is 5.43 Å². The Morgan fingerprint density at radius 1 is 0.919 bits per heavy atom. The maximum Gasteiger partial charge on any atom is 0.229 e. The van der Waals surface area contributed by atoms with Crippen LogP contribution in [0.15, 0.2) is 47.6 Å². The average molecular weight is 541 g/mol. The van der Waals surface area contributed by atoms with Gasteiger partial charge in [0.05, 0.1) is 13.3 Å². The Labute approximate surface area is 227 Å². The lowest BCUT2D eigenvalue weighted by Gasteiger charge is -2.21. The molecular formula is C27H30Cl2N6O2. The molecule has 5 rings (SSSR count). The molecule has 2 aromatic carbocycles. The molecule has 1 N–H and O–H groups in total. The molecule has 2 fully saturated rings. The van der Waals surface area contributed by atoms with Gasteiger partial charge in [0.15, 0.2) is 17.3 Å². The van der Waals surface area contributed by atoms with Crippen LogP contribution in [0.3, 0.4) is 0 Å². The first-order valence-electron chi connectivity index (χ1n) is 12.5. The second-order valence-electron chi connectivity index (χ2n) is 9.10. The third-order valence-electron chi connectivity index (χ3n) is 6.50. The molecule has 1 aromatic heterocycles. The summed E-state index contributed by atoms with van der Waals surface area (Å²) in [6, 6.07) is 12.9. The van der Waals surface area contributed by atoms with Crippen LogP contribution in [0.1, 0.15) is 36.8 Å². The Kier molecular flexibility index (Phi) is 8.16. The molecule has 8 nitrogen and oxygen atoms in total. The highest BCUT2D eigenvalue weighted by Crippen LogP contribution is 2.30. The van der Waals surface area contributed by atoms with Gasteiger partial charge >= 0.3 is 0 Å². The molecule has 0 saturated carbocycles. The predicted molar refractivity (Wildman–Crippen MR) is 150 cm³/mol. The minimum atomic E-state index is 0.299. The van der Waals surface area contributed by atoms with Gasteiger partial charge < -0.3 is 19.3 Å². The van der Waals surface area contributed by atoms with Crippen LogP contribution in [0.25, 0.3) is 0 Å². The minimum Gasteiger partial charge on any atom is -0.493 e. The highest BCUT2D eigenvalue weighted by atomic mass is 35.5. The molecule has 2 saturated heterocycles. The number of aromatic nitrogens is 2. The predicted octanol–water partition coefficient (Wildman–Crippen LogP) is 6.02. The number of rotatable bonds is 9. The quantitative estimate of drug-likeness (QED) is 0.262. The summed E-state index contributed by atoms with van der Waals surface area (Å²) < 4.78 is 11.5. The van der Waals surface area contributed by atoms with Gasteiger partial charge in [-0.2, -0.15) is 15.1 Å². The molecule has 10 heteroatoms. The first kappa shape index (κ1) is 25.4. The van der Waals surface area contributed by atoms with Crippen molar-refractivity contribution in [3.8, 4) is 11.5 Å². The van der Waals surface area contributed by atoms with Crippen molar-refractivity contribution in [1.82, 2.24) is 9.97 Å². The van der Waals surface area contributed by atoms with Crippen LogP contribution in [0, 0.1) is 0 Å². The number of ether oxygens (including phenoxy) is 2. The fourth-order valence-electron chi connectivity index (χ4n) is 4.50. The number of hydrogen-bond acceptors (Lipinski definition) is 8. The number of nitrogens with one attached hydrogen (secondary N) is 1. The number of halogens is 2. The van der Waals surface area contributed by atoms with Crippen LogP contribution in [0.5, 0.6) is 11.5 Å². The van der Waals surface area contributed by atoms with Crippen LogP contribution in [0.4, 0.5) is 17.6 Å². The SMILES string of the molecule is COc1cc(/C=N\Nc2cc(N3CCCC3)nc(N3CCCC3)n2)ccc1OCc1ccc(Cl)cc1Cl. The fourth-order valence-corrected chi connectivity index (χ4v) is 4.96. The highest BCUT2D eigenvalue weighted by molar-refractivity contribution is 6.35. The standard InChI is InChI=1S/C27H30Cl2N6O2/c1-36-24-14-19(6-9-23(24)37-18-20-7-8-21(28)15-22(20)29)17-30-33-25-16-26(34-10-2-3-11-34)32-27(31-25)35-12-4-5-13-35/h6-9,14-17H,2-5,10-13,18H2,1H3,(H,31,32,33)/b30-17-. The number of benzene rings is 2. The normalized spacial score (nSPS) is 15.5. The maximum absolute atomic E-state index is 6.26. The summed E-state index contributed by atoms with van der Waals surface area (Å²) >= 11 is 12.2. The second-order valence-corrected chi connectivity index (χ2v) is 9.95. The van der Waals surface area contributed by atoms with Crippen molar-refractivity contribution in [3.05, 3.63) is 63.6 Å². The summed E-state index contributed by atoms with van der Waals surface area (Å²) in [5.41, 5.74) is 4.80. The van der Waals surface area contributed by atoms with Crippen LogP contribution in [-0.4, -0.2) is 49.5 Å². The average Bonchev–Trinajstić information content (AvgIpc) is 3.63. The molecule has 0 atom stereocenters. The Balaban J connectivity index is 1.27. The number of hydrogen-bond donors (Lipinski definition) is 1. The number of hydrazone groups is 1. The molecule has 37 heavy (non-hydrogen) atoms. The first-order valence-corrected chi connectivity index (χ1v) is 13.3. The largest absolute Gasteiger partial charge is 0.493 e. The monoisotopic (exact) mass is 540 g/mol. The molecule has 0 spiro atoms. The van der Waals surface area contributed by atoms with E-state index in [4.69, 9.17) is 42.6 Å². The number of nitrogens with zero attached hydrogens (tertiary/aromatic N) is 5. The Bertz CT molecular complexity index is 1230. The molecule has 3 aromatic rings. The van der Waals surface area contributed by atoms with E-state index in [0.29, 0.717) is 34.0 Å². The molecule has 3 heterocycles. The fraction of sp³-hybridized carbons (Fsp3) is 0.370. The lowest BCUT2D eigenvalue weighted by molar-refractivity contribution is 0.284. The van der Waals surface area contributed by atoms with Crippen LogP contribution >= 0.6 is 23.2 Å². The van der Waals surface area contributed by atoms with Gasteiger partial charge in [-0.1, -0.05) is 29.3 Å². The van der Waals surface area contributed by atoms with E-state index < -0.39 is 0 Å². The van der Waals surface area contributed by atoms with E-state index >= 15 is 0 Å². The van der Waals surface area contributed by atoms with Gasteiger partial charge in [0.1, 0.15) is 12.4 Å². The summed E-state index contributed by atoms with van der Waals surface area (Å²) in [5, 5.41) is 5.59. The van der Waals surface area contributed by atoms with Gasteiger partial charge in [0, 0.05) is 47.9 Å².